The molecule has 34 heavy (non-hydrogen) atoms. The van der Waals surface area contributed by atoms with Gasteiger partial charge in [0.25, 0.3) is 0 Å². The van der Waals surface area contributed by atoms with Gasteiger partial charge < -0.3 is 9.47 Å². The van der Waals surface area contributed by atoms with Crippen LogP contribution in [0.15, 0.2) is 89.9 Å². The Bertz CT molecular complexity index is 1540. The van der Waals surface area contributed by atoms with Crippen molar-refractivity contribution in [1.82, 2.24) is 0 Å². The summed E-state index contributed by atoms with van der Waals surface area (Å²) in [7, 11) is 0. The summed E-state index contributed by atoms with van der Waals surface area (Å²) in [4.78, 5) is 18.2. The first-order chi connectivity index (χ1) is 16.7. The lowest BCUT2D eigenvalue weighted by molar-refractivity contribution is 0.0740. The third kappa shape index (κ3) is 4.28. The van der Waals surface area contributed by atoms with E-state index in [-0.39, 0.29) is 0 Å². The molecule has 0 saturated carbocycles. The van der Waals surface area contributed by atoms with Crippen molar-refractivity contribution >= 4 is 61.7 Å². The van der Waals surface area contributed by atoms with Gasteiger partial charge >= 0.3 is 5.97 Å². The first-order valence-corrected chi connectivity index (χ1v) is 12.0. The van der Waals surface area contributed by atoms with E-state index < -0.39 is 5.97 Å². The minimum Gasteiger partial charge on any atom is -0.492 e. The zero-order valence-corrected chi connectivity index (χ0v) is 19.9. The van der Waals surface area contributed by atoms with E-state index in [1.807, 2.05) is 85.8 Å². The van der Waals surface area contributed by atoms with Crippen molar-refractivity contribution in [2.75, 3.05) is 6.61 Å². The fourth-order valence-corrected chi connectivity index (χ4v) is 5.15. The third-order valence-corrected chi connectivity index (χ3v) is 7.01. The number of hydrogen-bond acceptors (Lipinski definition) is 5. The van der Waals surface area contributed by atoms with E-state index in [9.17, 15) is 4.79 Å². The van der Waals surface area contributed by atoms with Crippen LogP contribution in [-0.2, 0) is 0 Å². The molecular weight excluding hydrogens is 466 g/mol. The lowest BCUT2D eigenvalue weighted by Crippen LogP contribution is -2.09. The van der Waals surface area contributed by atoms with Gasteiger partial charge in [-0.2, -0.15) is 0 Å². The number of halogens is 1. The Morgan fingerprint density at radius 2 is 1.65 bits per heavy atom. The van der Waals surface area contributed by atoms with Crippen LogP contribution >= 0.6 is 22.9 Å². The van der Waals surface area contributed by atoms with E-state index in [2.05, 4.69) is 4.99 Å². The number of nitrogens with zero attached hydrogens (tertiary/aromatic N) is 1. The summed E-state index contributed by atoms with van der Waals surface area (Å²) in [6.45, 7) is 2.47. The highest BCUT2D eigenvalue weighted by atomic mass is 35.5. The summed E-state index contributed by atoms with van der Waals surface area (Å²) in [5, 5.41) is 3.19. The zero-order chi connectivity index (χ0) is 23.5. The molecule has 0 aliphatic carbocycles. The minimum absolute atomic E-state index is 0.376. The Hall–Kier alpha value is -3.67. The van der Waals surface area contributed by atoms with Crippen LogP contribution in [0.2, 0.25) is 5.02 Å². The minimum atomic E-state index is -0.495. The fourth-order valence-electron chi connectivity index (χ4n) is 3.76. The average Bonchev–Trinajstić information content (AvgIpc) is 3.21. The van der Waals surface area contributed by atoms with Crippen molar-refractivity contribution in [2.45, 2.75) is 6.92 Å². The number of carbonyl (C=O) groups is 1. The molecule has 5 rings (SSSR count). The van der Waals surface area contributed by atoms with E-state index >= 15 is 0 Å². The zero-order valence-electron chi connectivity index (χ0n) is 18.3. The van der Waals surface area contributed by atoms with Crippen LogP contribution in [0, 0.1) is 0 Å². The topological polar surface area (TPSA) is 47.9 Å². The lowest BCUT2D eigenvalue weighted by atomic mass is 10.0. The summed E-state index contributed by atoms with van der Waals surface area (Å²) in [6.07, 6.45) is 1.72. The normalized spacial score (nSPS) is 11.4. The Labute approximate surface area is 206 Å². The van der Waals surface area contributed by atoms with Gasteiger partial charge in [-0.15, -0.1) is 11.3 Å². The molecule has 168 valence electrons. The van der Waals surface area contributed by atoms with Gasteiger partial charge in [0.05, 0.1) is 11.6 Å². The second kappa shape index (κ2) is 9.67. The van der Waals surface area contributed by atoms with Crippen molar-refractivity contribution in [3.63, 3.8) is 0 Å². The molecule has 1 heterocycles. The van der Waals surface area contributed by atoms with Gasteiger partial charge in [-0.1, -0.05) is 72.3 Å². The first-order valence-electron chi connectivity index (χ1n) is 10.8. The van der Waals surface area contributed by atoms with Gasteiger partial charge in [-0.3, -0.25) is 4.99 Å². The van der Waals surface area contributed by atoms with Gasteiger partial charge in [0, 0.05) is 21.9 Å². The largest absolute Gasteiger partial charge is 0.492 e. The molecule has 5 aromatic rings. The highest BCUT2D eigenvalue weighted by Gasteiger charge is 2.20. The lowest BCUT2D eigenvalue weighted by Gasteiger charge is -2.11. The number of carbonyl (C=O) groups excluding carboxylic acids is 1. The van der Waals surface area contributed by atoms with Crippen molar-refractivity contribution in [3.8, 4) is 11.5 Å². The van der Waals surface area contributed by atoms with E-state index in [1.54, 1.807) is 12.3 Å². The van der Waals surface area contributed by atoms with Crippen molar-refractivity contribution in [2.24, 2.45) is 4.99 Å². The first kappa shape index (κ1) is 22.1. The summed E-state index contributed by atoms with van der Waals surface area (Å²) in [5.74, 6) is 0.609. The molecule has 0 fully saturated rings. The third-order valence-electron chi connectivity index (χ3n) is 5.35. The number of thiophene rings is 1. The van der Waals surface area contributed by atoms with Crippen molar-refractivity contribution < 1.29 is 14.3 Å². The van der Waals surface area contributed by atoms with Crippen molar-refractivity contribution in [3.05, 3.63) is 100 Å². The summed E-state index contributed by atoms with van der Waals surface area (Å²) in [5.41, 5.74) is 1.40. The molecule has 6 heteroatoms. The maximum atomic E-state index is 13.1. The Morgan fingerprint density at radius 3 is 2.47 bits per heavy atom. The van der Waals surface area contributed by atoms with Crippen LogP contribution in [0.5, 0.6) is 11.5 Å². The van der Waals surface area contributed by atoms with Crippen LogP contribution in [0.1, 0.15) is 22.2 Å². The molecular formula is C28H20ClNO3S. The van der Waals surface area contributed by atoms with E-state index in [0.717, 1.165) is 20.9 Å². The molecule has 0 atom stereocenters. The van der Waals surface area contributed by atoms with E-state index in [4.69, 9.17) is 21.1 Å². The summed E-state index contributed by atoms with van der Waals surface area (Å²) >= 11 is 7.83. The molecule has 0 radical (unpaired) electrons. The molecule has 4 nitrogen and oxygen atoms in total. The van der Waals surface area contributed by atoms with E-state index in [1.165, 1.54) is 11.3 Å². The van der Waals surface area contributed by atoms with Gasteiger partial charge in [-0.25, -0.2) is 4.79 Å². The number of esters is 1. The molecule has 4 aromatic carbocycles. The van der Waals surface area contributed by atoms with Crippen LogP contribution in [0.4, 0.5) is 5.69 Å². The van der Waals surface area contributed by atoms with Crippen LogP contribution in [-0.4, -0.2) is 18.8 Å². The number of ether oxygens (including phenoxy) is 2. The number of hydrogen-bond donors (Lipinski definition) is 0. The van der Waals surface area contributed by atoms with Gasteiger partial charge in [0.15, 0.2) is 0 Å². The predicted octanol–water partition coefficient (Wildman–Crippen LogP) is 8.08. The SMILES string of the molecule is CCOc1ccccc1N=Cc1c(OC(=O)c2sc3ccccc3c2Cl)ccc2ccccc12. The molecule has 0 saturated heterocycles. The summed E-state index contributed by atoms with van der Waals surface area (Å²) < 4.78 is 12.5. The number of para-hydroxylation sites is 2. The number of rotatable bonds is 6. The van der Waals surface area contributed by atoms with Gasteiger partial charge in [0.2, 0.25) is 0 Å². The Morgan fingerprint density at radius 1 is 0.912 bits per heavy atom. The highest BCUT2D eigenvalue weighted by Crippen LogP contribution is 2.37. The monoisotopic (exact) mass is 485 g/mol. The molecule has 0 bridgehead atoms. The smallest absolute Gasteiger partial charge is 0.355 e. The molecule has 0 amide bonds. The molecule has 0 spiro atoms. The molecule has 0 aliphatic heterocycles. The second-order valence-corrected chi connectivity index (χ2v) is 8.92. The standard InChI is InChI=1S/C28H20ClNO3S/c1-2-32-24-13-7-6-12-22(24)30-17-21-19-10-4-3-9-18(19)15-16-23(21)33-28(31)27-26(29)20-11-5-8-14-25(20)34-27/h3-17H,2H2,1H3. The Kier molecular flexibility index (Phi) is 6.30. The maximum Gasteiger partial charge on any atom is 0.355 e. The predicted molar refractivity (Wildman–Crippen MR) is 141 cm³/mol. The second-order valence-electron chi connectivity index (χ2n) is 7.49. The maximum absolute atomic E-state index is 13.1. The van der Waals surface area contributed by atoms with Crippen LogP contribution in [0.3, 0.4) is 0 Å². The molecule has 0 aliphatic rings. The van der Waals surface area contributed by atoms with Crippen LogP contribution in [0.25, 0.3) is 20.9 Å². The molecule has 0 N–H and O–H groups in total. The Balaban J connectivity index is 1.56. The highest BCUT2D eigenvalue weighted by molar-refractivity contribution is 7.21. The van der Waals surface area contributed by atoms with Gasteiger partial charge in [0.1, 0.15) is 22.1 Å². The van der Waals surface area contributed by atoms with E-state index in [0.29, 0.717) is 39.3 Å². The van der Waals surface area contributed by atoms with Gasteiger partial charge in [-0.05, 0) is 42.0 Å². The number of benzene rings is 4. The quantitative estimate of drug-likeness (QED) is 0.139. The summed E-state index contributed by atoms with van der Waals surface area (Å²) in [6, 6.07) is 26.8. The van der Waals surface area contributed by atoms with Crippen LogP contribution < -0.4 is 9.47 Å². The molecule has 0 unspecified atom stereocenters. The number of aliphatic imine (C=N–C) groups is 1. The fraction of sp³-hybridized carbons (Fsp3) is 0.0714. The molecule has 1 aromatic heterocycles. The van der Waals surface area contributed by atoms with Crippen molar-refractivity contribution in [1.29, 1.82) is 0 Å². The number of fused-ring (bicyclic) bond motifs is 2. The average molecular weight is 486 g/mol.